The minimum absolute atomic E-state index is 0.148. The summed E-state index contributed by atoms with van der Waals surface area (Å²) < 4.78 is 26.3. The molecule has 0 aliphatic carbocycles. The number of carbonyl (C=O) groups is 1. The Bertz CT molecular complexity index is 594. The van der Waals surface area contributed by atoms with Crippen molar-refractivity contribution in [2.75, 3.05) is 27.2 Å². The summed E-state index contributed by atoms with van der Waals surface area (Å²) in [6, 6.07) is 6.04. The van der Waals surface area contributed by atoms with Crippen LogP contribution in [0.2, 0.25) is 0 Å². The molecule has 110 valence electrons. The molecule has 0 unspecified atom stereocenters. The van der Waals surface area contributed by atoms with Gasteiger partial charge in [-0.05, 0) is 31.0 Å². The summed E-state index contributed by atoms with van der Waals surface area (Å²) in [4.78, 5) is 16.9. The number of hydrogen-bond acceptors (Lipinski definition) is 4. The fourth-order valence-electron chi connectivity index (χ4n) is 2.13. The van der Waals surface area contributed by atoms with Crippen molar-refractivity contribution < 1.29 is 18.0 Å². The number of carbonyl (C=O) groups excluding carboxylic acids is 1. The van der Waals surface area contributed by atoms with Crippen LogP contribution in [-0.4, -0.2) is 50.9 Å². The second kappa shape index (κ2) is 5.90. The van der Waals surface area contributed by atoms with Crippen LogP contribution in [0.5, 0.6) is 0 Å². The molecule has 1 fully saturated rings. The van der Waals surface area contributed by atoms with Gasteiger partial charge in [-0.25, -0.2) is 13.5 Å². The zero-order valence-corrected chi connectivity index (χ0v) is 12.4. The van der Waals surface area contributed by atoms with Crippen molar-refractivity contribution in [3.05, 3.63) is 29.8 Å². The molecule has 1 aromatic rings. The first-order valence-corrected chi connectivity index (χ1v) is 7.83. The Balaban J connectivity index is 2.32. The highest BCUT2D eigenvalue weighted by atomic mass is 32.2. The van der Waals surface area contributed by atoms with Gasteiger partial charge in [-0.15, -0.1) is 0 Å². The predicted octanol–water partition coefficient (Wildman–Crippen LogP) is 1.10. The molecule has 0 radical (unpaired) electrons. The number of nitrogens with zero attached hydrogens (tertiary/aromatic N) is 2. The van der Waals surface area contributed by atoms with Gasteiger partial charge in [0.2, 0.25) is 10.0 Å². The van der Waals surface area contributed by atoms with Crippen LogP contribution in [0.1, 0.15) is 23.2 Å². The van der Waals surface area contributed by atoms with E-state index in [9.17, 15) is 13.2 Å². The van der Waals surface area contributed by atoms with Crippen LogP contribution in [0.4, 0.5) is 0 Å². The molecule has 0 bridgehead atoms. The minimum atomic E-state index is -3.51. The summed E-state index contributed by atoms with van der Waals surface area (Å²) in [5, 5.41) is 1.06. The highest BCUT2D eigenvalue weighted by Gasteiger charge is 2.27. The number of hydrogen-bond donors (Lipinski definition) is 0. The van der Waals surface area contributed by atoms with Gasteiger partial charge in [0.05, 0.1) is 12.0 Å². The summed E-state index contributed by atoms with van der Waals surface area (Å²) in [6.45, 7) is 1.08. The molecule has 1 saturated heterocycles. The Morgan fingerprint density at radius 3 is 2.55 bits per heavy atom. The van der Waals surface area contributed by atoms with E-state index in [2.05, 4.69) is 0 Å². The maximum atomic E-state index is 12.4. The second-order valence-electron chi connectivity index (χ2n) is 4.62. The van der Waals surface area contributed by atoms with Gasteiger partial charge in [-0.1, -0.05) is 6.07 Å². The van der Waals surface area contributed by atoms with E-state index in [1.807, 2.05) is 0 Å². The molecule has 0 saturated carbocycles. The van der Waals surface area contributed by atoms with Crippen molar-refractivity contribution in [1.82, 2.24) is 9.37 Å². The number of amides is 1. The third-order valence-electron chi connectivity index (χ3n) is 3.34. The summed E-state index contributed by atoms with van der Waals surface area (Å²) in [7, 11) is -0.651. The average molecular weight is 298 g/mol. The second-order valence-corrected chi connectivity index (χ2v) is 6.56. The molecule has 0 aromatic heterocycles. The van der Waals surface area contributed by atoms with Crippen molar-refractivity contribution in [3.63, 3.8) is 0 Å². The first-order valence-electron chi connectivity index (χ1n) is 6.39. The van der Waals surface area contributed by atoms with Crippen LogP contribution in [-0.2, 0) is 14.9 Å². The van der Waals surface area contributed by atoms with Gasteiger partial charge in [-0.2, -0.15) is 4.31 Å². The SMILES string of the molecule is CON(C)C(=O)c1cccc(S(=O)(=O)N2CCCC2)c1. The van der Waals surface area contributed by atoms with E-state index in [1.54, 1.807) is 12.1 Å². The Hall–Kier alpha value is -1.44. The van der Waals surface area contributed by atoms with Crippen LogP contribution >= 0.6 is 0 Å². The number of sulfonamides is 1. The largest absolute Gasteiger partial charge is 0.277 e. The molecule has 1 aliphatic heterocycles. The topological polar surface area (TPSA) is 66.9 Å². The van der Waals surface area contributed by atoms with Gasteiger partial charge < -0.3 is 0 Å². The molecule has 0 N–H and O–H groups in total. The van der Waals surface area contributed by atoms with E-state index in [-0.39, 0.29) is 16.4 Å². The molecule has 0 atom stereocenters. The Labute approximate surface area is 118 Å². The van der Waals surface area contributed by atoms with Gasteiger partial charge in [-0.3, -0.25) is 9.63 Å². The van der Waals surface area contributed by atoms with E-state index in [1.165, 1.54) is 30.6 Å². The molecule has 7 heteroatoms. The standard InChI is InChI=1S/C13H18N2O4S/c1-14(19-2)13(16)11-6-5-7-12(10-11)20(17,18)15-8-3-4-9-15/h5-7,10H,3-4,8-9H2,1-2H3. The third kappa shape index (κ3) is 2.84. The molecule has 1 amide bonds. The van der Waals surface area contributed by atoms with Gasteiger partial charge in [0.15, 0.2) is 0 Å². The lowest BCUT2D eigenvalue weighted by molar-refractivity contribution is -0.0757. The van der Waals surface area contributed by atoms with Crippen molar-refractivity contribution in [2.45, 2.75) is 17.7 Å². The number of rotatable bonds is 4. The number of benzene rings is 1. The molecule has 6 nitrogen and oxygen atoms in total. The predicted molar refractivity (Wildman–Crippen MR) is 73.5 cm³/mol. The zero-order valence-electron chi connectivity index (χ0n) is 11.6. The van der Waals surface area contributed by atoms with Crippen molar-refractivity contribution in [3.8, 4) is 0 Å². The van der Waals surface area contributed by atoms with Gasteiger partial charge in [0.25, 0.3) is 5.91 Å². The monoisotopic (exact) mass is 298 g/mol. The fourth-order valence-corrected chi connectivity index (χ4v) is 3.70. The lowest BCUT2D eigenvalue weighted by atomic mass is 10.2. The van der Waals surface area contributed by atoms with Gasteiger partial charge >= 0.3 is 0 Å². The Morgan fingerprint density at radius 2 is 1.95 bits per heavy atom. The van der Waals surface area contributed by atoms with E-state index >= 15 is 0 Å². The molecular formula is C13H18N2O4S. The van der Waals surface area contributed by atoms with Crippen molar-refractivity contribution in [1.29, 1.82) is 0 Å². The van der Waals surface area contributed by atoms with E-state index in [0.29, 0.717) is 13.1 Å². The Morgan fingerprint density at radius 1 is 1.30 bits per heavy atom. The van der Waals surface area contributed by atoms with E-state index in [0.717, 1.165) is 17.9 Å². The van der Waals surface area contributed by atoms with Crippen LogP contribution in [0.25, 0.3) is 0 Å². The summed E-state index contributed by atoms with van der Waals surface area (Å²) >= 11 is 0. The molecular weight excluding hydrogens is 280 g/mol. The number of hydroxylamine groups is 2. The minimum Gasteiger partial charge on any atom is -0.274 e. The normalized spacial score (nSPS) is 16.3. The van der Waals surface area contributed by atoms with Crippen molar-refractivity contribution in [2.24, 2.45) is 0 Å². The van der Waals surface area contributed by atoms with Gasteiger partial charge in [0.1, 0.15) is 0 Å². The zero-order chi connectivity index (χ0) is 14.8. The van der Waals surface area contributed by atoms with Crippen LogP contribution in [0.3, 0.4) is 0 Å². The maximum absolute atomic E-state index is 12.4. The first kappa shape index (κ1) is 15.0. The smallest absolute Gasteiger partial charge is 0.274 e. The third-order valence-corrected chi connectivity index (χ3v) is 5.24. The Kier molecular flexibility index (Phi) is 4.42. The van der Waals surface area contributed by atoms with Crippen LogP contribution < -0.4 is 0 Å². The van der Waals surface area contributed by atoms with E-state index < -0.39 is 10.0 Å². The van der Waals surface area contributed by atoms with Crippen molar-refractivity contribution >= 4 is 15.9 Å². The lowest BCUT2D eigenvalue weighted by Crippen LogP contribution is -2.29. The summed E-state index contributed by atoms with van der Waals surface area (Å²) in [6.07, 6.45) is 1.76. The highest BCUT2D eigenvalue weighted by molar-refractivity contribution is 7.89. The average Bonchev–Trinajstić information content (AvgIpc) is 3.00. The fraction of sp³-hybridized carbons (Fsp3) is 0.462. The van der Waals surface area contributed by atoms with Gasteiger partial charge in [0, 0.05) is 25.7 Å². The summed E-state index contributed by atoms with van der Waals surface area (Å²) in [5.41, 5.74) is 0.287. The lowest BCUT2D eigenvalue weighted by Gasteiger charge is -2.17. The van der Waals surface area contributed by atoms with Crippen LogP contribution in [0, 0.1) is 0 Å². The molecule has 0 spiro atoms. The molecule has 1 aliphatic rings. The van der Waals surface area contributed by atoms with E-state index in [4.69, 9.17) is 4.84 Å². The summed E-state index contributed by atoms with van der Waals surface area (Å²) in [5.74, 6) is -0.383. The molecule has 20 heavy (non-hydrogen) atoms. The molecule has 2 rings (SSSR count). The maximum Gasteiger partial charge on any atom is 0.277 e. The quantitative estimate of drug-likeness (QED) is 0.781. The first-order chi connectivity index (χ1) is 9.46. The molecule has 1 heterocycles. The highest BCUT2D eigenvalue weighted by Crippen LogP contribution is 2.21. The molecule has 1 aromatic carbocycles. The van der Waals surface area contributed by atoms with Crippen LogP contribution in [0.15, 0.2) is 29.2 Å².